The largest absolute Gasteiger partial charge is 0.310 e. The molecule has 596 valence electrons. The van der Waals surface area contributed by atoms with Crippen molar-refractivity contribution in [1.29, 1.82) is 0 Å². The van der Waals surface area contributed by atoms with Crippen LogP contribution in [0.5, 0.6) is 0 Å². The summed E-state index contributed by atoms with van der Waals surface area (Å²) in [5.74, 6) is -9.82. The second-order valence-electron chi connectivity index (χ2n) is 33.1. The van der Waals surface area contributed by atoms with Crippen molar-refractivity contribution in [3.63, 3.8) is 0 Å². The van der Waals surface area contributed by atoms with Crippen LogP contribution in [0.25, 0.3) is 166 Å². The summed E-state index contributed by atoms with van der Waals surface area (Å²) in [5, 5.41) is 5.37. The van der Waals surface area contributed by atoms with Gasteiger partial charge in [-0.2, -0.15) is 0 Å². The predicted octanol–water partition coefficient (Wildman–Crippen LogP) is 29.1. The zero-order valence-corrected chi connectivity index (χ0v) is 66.1. The third-order valence-corrected chi connectivity index (χ3v) is 26.9. The number of hydrogen-bond acceptors (Lipinski definition) is 2. The van der Waals surface area contributed by atoms with Crippen LogP contribution in [0.1, 0.15) is 44.5 Å². The number of para-hydroxylation sites is 7. The molecule has 26 rings (SSSR count). The van der Waals surface area contributed by atoms with E-state index in [-0.39, 0.29) is 27.5 Å². The van der Waals surface area contributed by atoms with Gasteiger partial charge in [-0.3, -0.25) is 4.57 Å². The van der Waals surface area contributed by atoms with E-state index in [0.29, 0.717) is 86.5 Å². The van der Waals surface area contributed by atoms with Crippen molar-refractivity contribution in [2.75, 3.05) is 4.90 Å². The highest BCUT2D eigenvalue weighted by Gasteiger charge is 2.54. The number of imidazole rings is 1. The summed E-state index contributed by atoms with van der Waals surface area (Å²) in [4.78, 5) is 7.69. The maximum Gasteiger partial charge on any atom is 0.153 e. The van der Waals surface area contributed by atoms with Crippen LogP contribution in [-0.2, 0) is 10.8 Å². The van der Waals surface area contributed by atoms with Gasteiger partial charge in [-0.25, -0.2) is 44.5 Å². The zero-order valence-electron chi connectivity index (χ0n) is 66.1. The van der Waals surface area contributed by atoms with Gasteiger partial charge in [0.15, 0.2) is 11.6 Å². The number of nitrogens with zero attached hydrogens (tertiary/aromatic N) is 6. The number of anilines is 3. The maximum atomic E-state index is 16.6. The highest BCUT2D eigenvalue weighted by molar-refractivity contribution is 6.17. The monoisotopic (exact) mass is 1650 g/mol. The molecule has 18 aromatic carbocycles. The lowest BCUT2D eigenvalue weighted by Gasteiger charge is -2.45. The molecule has 22 aromatic rings. The maximum absolute atomic E-state index is 16.6. The summed E-state index contributed by atoms with van der Waals surface area (Å²) >= 11 is 0. The molecule has 15 heteroatoms. The summed E-state index contributed by atoms with van der Waals surface area (Å²) in [6, 6.07) is 113. The molecule has 126 heavy (non-hydrogen) atoms. The first-order valence-electron chi connectivity index (χ1n) is 41.5. The van der Waals surface area contributed by atoms with Crippen LogP contribution in [0.15, 0.2) is 358 Å². The molecule has 0 saturated heterocycles. The Bertz CT molecular complexity index is 8500. The molecule has 0 N–H and O–H groups in total. The Kier molecular flexibility index (Phi) is 14.8. The highest BCUT2D eigenvalue weighted by Crippen LogP contribution is 2.66. The van der Waals surface area contributed by atoms with Crippen LogP contribution < -0.4 is 4.90 Å². The Morgan fingerprint density at radius 2 is 0.651 bits per heavy atom. The summed E-state index contributed by atoms with van der Waals surface area (Å²) in [5.41, 5.74) is 22.1. The van der Waals surface area contributed by atoms with Gasteiger partial charge < -0.3 is 18.6 Å². The van der Waals surface area contributed by atoms with E-state index < -0.39 is 80.0 Å². The molecule has 1 unspecified atom stereocenters. The number of halogens is 9. The van der Waals surface area contributed by atoms with Gasteiger partial charge in [0.05, 0.1) is 83.2 Å². The standard InChI is InChI=1S/C111H59F9N6/c112-65-50-89(115)105(90(116)51-65)63-39-45-98-78(47-63)80-57-88-77(59-104(80)126(98)108-93(119)54-67(114)55-94(108)120)72-44-37-64(106-91(117)52-66(113)53-92(106)118)48-86(72)111(88)82-24-8-13-30-99(82)123(100-31-14-9-25-83(100)111)70-40-33-60(34-41-70)62-38-46-102-95(49-62)121-109(124(102)68-17-2-1-3-18-68)61-35-42-69(43-36-61)122-96-28-11-6-21-74(96)79-56-87-76(58-103(79)122)71-19-4-7-23-81(71)110(87)84-26-10-15-32-101(84)125-97-29-12-5-20-73(97)75-22-16-27-85(110)107(75)125/h1-59H. The minimum absolute atomic E-state index is 0.0263. The van der Waals surface area contributed by atoms with E-state index in [4.69, 9.17) is 4.98 Å². The number of rotatable bonds is 8. The molecule has 4 aliphatic rings. The van der Waals surface area contributed by atoms with Gasteiger partial charge in [0.1, 0.15) is 52.2 Å². The molecule has 0 radical (unpaired) electrons. The molecule has 6 heterocycles. The molecule has 0 fully saturated rings. The minimum Gasteiger partial charge on any atom is -0.310 e. The van der Waals surface area contributed by atoms with E-state index in [9.17, 15) is 13.2 Å². The lowest BCUT2D eigenvalue weighted by Crippen LogP contribution is -2.36. The molecular formula is C111H59F9N6. The molecule has 0 saturated carbocycles. The molecule has 0 amide bonds. The van der Waals surface area contributed by atoms with E-state index in [2.05, 4.69) is 225 Å². The average molecular weight is 1650 g/mol. The average Bonchev–Trinajstić information content (AvgIpc) is 1.49. The van der Waals surface area contributed by atoms with E-state index in [1.54, 1.807) is 18.2 Å². The third kappa shape index (κ3) is 9.59. The molecule has 2 aliphatic carbocycles. The molecular weight excluding hydrogens is 1590 g/mol. The van der Waals surface area contributed by atoms with Crippen LogP contribution in [0.3, 0.4) is 0 Å². The predicted molar refractivity (Wildman–Crippen MR) is 482 cm³/mol. The van der Waals surface area contributed by atoms with Crippen LogP contribution >= 0.6 is 0 Å². The first-order valence-corrected chi connectivity index (χ1v) is 41.5. The smallest absolute Gasteiger partial charge is 0.153 e. The fourth-order valence-corrected chi connectivity index (χ4v) is 22.0. The van der Waals surface area contributed by atoms with Gasteiger partial charge in [-0.15, -0.1) is 0 Å². The number of benzene rings is 18. The Labute approximate surface area is 712 Å². The Balaban J connectivity index is 0.595. The molecule has 0 bridgehead atoms. The Hall–Kier alpha value is -16.0. The van der Waals surface area contributed by atoms with Crippen molar-refractivity contribution in [3.05, 3.63) is 455 Å². The molecule has 2 aliphatic heterocycles. The first kappa shape index (κ1) is 71.7. The van der Waals surface area contributed by atoms with Crippen molar-refractivity contribution in [1.82, 2.24) is 23.3 Å². The Morgan fingerprint density at radius 3 is 1.30 bits per heavy atom. The van der Waals surface area contributed by atoms with E-state index in [1.165, 1.54) is 89.7 Å². The fraction of sp³-hybridized carbons (Fsp3) is 0.0180. The lowest BCUT2D eigenvalue weighted by atomic mass is 9.64. The number of hydrogen-bond donors (Lipinski definition) is 0. The summed E-state index contributed by atoms with van der Waals surface area (Å²) < 4.78 is 151. The second-order valence-corrected chi connectivity index (χ2v) is 33.1. The zero-order chi connectivity index (χ0) is 84.2. The van der Waals surface area contributed by atoms with Crippen molar-refractivity contribution in [2.24, 2.45) is 0 Å². The van der Waals surface area contributed by atoms with Crippen molar-refractivity contribution >= 4 is 93.5 Å². The van der Waals surface area contributed by atoms with Gasteiger partial charge in [-0.1, -0.05) is 188 Å². The van der Waals surface area contributed by atoms with Gasteiger partial charge in [-0.05, 0) is 222 Å². The first-order chi connectivity index (χ1) is 61.7. The van der Waals surface area contributed by atoms with Crippen molar-refractivity contribution in [2.45, 2.75) is 10.8 Å². The SMILES string of the molecule is Fc1cc(F)c(-c2ccc3c(c2)C2(c4cc5c6cc(-c7c(F)cc(F)cc7F)ccc6n(-c6c(F)cc(F)cc6F)c5cc4-3)c3ccccc3N(c3ccc(-c4ccc5c(c4)nc(-c4ccc(-n6c7ccccc7c7cc8c(cc76)-c6ccccc6C86c7ccccc7-n7c8ccccc8c8cccc6c87)cc4)n5-c4ccccc4)cc3)c3ccccc32)c(F)c1. The van der Waals surface area contributed by atoms with E-state index >= 15 is 26.3 Å². The molecule has 6 nitrogen and oxygen atoms in total. The molecule has 2 spiro atoms. The third-order valence-electron chi connectivity index (χ3n) is 26.9. The topological polar surface area (TPSA) is 35.9 Å². The lowest BCUT2D eigenvalue weighted by molar-refractivity contribution is 0.536. The molecule has 4 aromatic heterocycles. The van der Waals surface area contributed by atoms with Gasteiger partial charge >= 0.3 is 0 Å². The van der Waals surface area contributed by atoms with Crippen molar-refractivity contribution < 1.29 is 39.5 Å². The number of fused-ring (bicyclic) bond motifs is 28. The summed E-state index contributed by atoms with van der Waals surface area (Å²) in [7, 11) is 0. The fourth-order valence-electron chi connectivity index (χ4n) is 22.0. The quantitative estimate of drug-likeness (QED) is 0.142. The van der Waals surface area contributed by atoms with Crippen molar-refractivity contribution in [3.8, 4) is 89.8 Å². The van der Waals surface area contributed by atoms with Gasteiger partial charge in [0.25, 0.3) is 0 Å². The van der Waals surface area contributed by atoms with E-state index in [0.717, 1.165) is 72.4 Å². The van der Waals surface area contributed by atoms with Crippen LogP contribution in [-0.4, -0.2) is 23.3 Å². The van der Waals surface area contributed by atoms with Crippen LogP contribution in [0.4, 0.5) is 56.6 Å². The van der Waals surface area contributed by atoms with Crippen LogP contribution in [0.2, 0.25) is 0 Å². The second kappa shape index (κ2) is 26.0. The summed E-state index contributed by atoms with van der Waals surface area (Å²) in [6.07, 6.45) is 0. The number of aromatic nitrogens is 5. The Morgan fingerprint density at radius 1 is 0.222 bits per heavy atom. The minimum atomic E-state index is -1.42. The van der Waals surface area contributed by atoms with E-state index in [1.807, 2.05) is 72.8 Å². The molecule has 1 atom stereocenters. The highest BCUT2D eigenvalue weighted by atomic mass is 19.2. The van der Waals surface area contributed by atoms with Gasteiger partial charge in [0.2, 0.25) is 0 Å². The normalized spacial score (nSPS) is 14.3. The van der Waals surface area contributed by atoms with Crippen LogP contribution in [0, 0.1) is 52.4 Å². The summed E-state index contributed by atoms with van der Waals surface area (Å²) in [6.45, 7) is 0. The van der Waals surface area contributed by atoms with Gasteiger partial charge in [0, 0.05) is 91.3 Å².